The number of aromatic nitrogens is 4. The topological polar surface area (TPSA) is 122 Å². The van der Waals surface area contributed by atoms with Crippen LogP contribution in [0.15, 0.2) is 29.1 Å². The Labute approximate surface area is 159 Å². The molecule has 1 aliphatic rings. The van der Waals surface area contributed by atoms with Crippen LogP contribution in [0.4, 0.5) is 11.6 Å². The Morgan fingerprint density at radius 2 is 2.11 bits per heavy atom. The fourth-order valence-electron chi connectivity index (χ4n) is 2.96. The Kier molecular flexibility index (Phi) is 4.30. The zero-order valence-corrected chi connectivity index (χ0v) is 15.4. The number of hydrogen-bond donors (Lipinski definition) is 2. The minimum atomic E-state index is -0.449. The fraction of sp³-hybridized carbons (Fsp3) is 0.278. The monoisotopic (exact) mass is 382 g/mol. The average molecular weight is 382 g/mol. The van der Waals surface area contributed by atoms with Gasteiger partial charge in [0.1, 0.15) is 5.75 Å². The van der Waals surface area contributed by atoms with Gasteiger partial charge in [-0.1, -0.05) is 13.3 Å². The number of nitrogens with zero attached hydrogens (tertiary/aromatic N) is 4. The highest BCUT2D eigenvalue weighted by Gasteiger charge is 2.23. The smallest absolute Gasteiger partial charge is 0.274 e. The Morgan fingerprint density at radius 3 is 2.89 bits per heavy atom. The number of carbonyl (C=O) groups is 2. The van der Waals surface area contributed by atoms with Crippen molar-refractivity contribution >= 4 is 29.2 Å². The van der Waals surface area contributed by atoms with Gasteiger partial charge in [0.2, 0.25) is 5.95 Å². The van der Waals surface area contributed by atoms with Crippen molar-refractivity contribution in [3.05, 3.63) is 45.9 Å². The lowest BCUT2D eigenvalue weighted by molar-refractivity contribution is -0.120. The molecule has 3 aromatic rings. The second kappa shape index (κ2) is 6.80. The molecule has 0 bridgehead atoms. The lowest BCUT2D eigenvalue weighted by atomic mass is 10.1. The number of anilines is 2. The molecule has 3 heterocycles. The molecule has 0 aliphatic carbocycles. The molecule has 28 heavy (non-hydrogen) atoms. The summed E-state index contributed by atoms with van der Waals surface area (Å²) in [5.74, 6) is 0.171. The standard InChI is InChI=1S/C18H18N6O4/c1-3-4-11-8-14(25)24-18(19-11)21-17(22-24)20-16(27)10-5-6-13-12(7-10)23(2)15(26)9-28-13/h5-8H,3-4,9H2,1-2H3,(H2,19,20,21,22,27). The first kappa shape index (κ1) is 17.7. The van der Waals surface area contributed by atoms with Gasteiger partial charge in [0.15, 0.2) is 6.61 Å². The molecular formula is C18H18N6O4. The summed E-state index contributed by atoms with van der Waals surface area (Å²) in [6, 6.07) is 6.23. The molecule has 2 aromatic heterocycles. The van der Waals surface area contributed by atoms with E-state index >= 15 is 0 Å². The van der Waals surface area contributed by atoms with Crippen molar-refractivity contribution in [3.63, 3.8) is 0 Å². The number of fused-ring (bicyclic) bond motifs is 2. The van der Waals surface area contributed by atoms with Gasteiger partial charge in [-0.05, 0) is 24.6 Å². The molecule has 10 nitrogen and oxygen atoms in total. The third kappa shape index (κ3) is 3.08. The van der Waals surface area contributed by atoms with E-state index in [1.807, 2.05) is 6.92 Å². The van der Waals surface area contributed by atoms with Crippen molar-refractivity contribution in [2.45, 2.75) is 19.8 Å². The van der Waals surface area contributed by atoms with Crippen LogP contribution in [0, 0.1) is 0 Å². The maximum Gasteiger partial charge on any atom is 0.274 e. The lowest BCUT2D eigenvalue weighted by Gasteiger charge is -2.26. The third-order valence-electron chi connectivity index (χ3n) is 4.43. The number of ether oxygens (including phenoxy) is 1. The van der Waals surface area contributed by atoms with E-state index in [1.54, 1.807) is 25.2 Å². The zero-order valence-electron chi connectivity index (χ0n) is 15.4. The first-order valence-electron chi connectivity index (χ1n) is 8.79. The summed E-state index contributed by atoms with van der Waals surface area (Å²) >= 11 is 0. The maximum absolute atomic E-state index is 12.6. The van der Waals surface area contributed by atoms with Gasteiger partial charge >= 0.3 is 0 Å². The Morgan fingerprint density at radius 1 is 1.29 bits per heavy atom. The lowest BCUT2D eigenvalue weighted by Crippen LogP contribution is -2.35. The Hall–Kier alpha value is -3.69. The van der Waals surface area contributed by atoms with Crippen LogP contribution in [0.2, 0.25) is 0 Å². The van der Waals surface area contributed by atoms with Gasteiger partial charge in [-0.15, -0.1) is 0 Å². The van der Waals surface area contributed by atoms with Gasteiger partial charge in [-0.25, -0.2) is 4.98 Å². The fourth-order valence-corrected chi connectivity index (χ4v) is 2.96. The number of benzene rings is 1. The van der Waals surface area contributed by atoms with Crippen molar-refractivity contribution in [2.75, 3.05) is 23.9 Å². The third-order valence-corrected chi connectivity index (χ3v) is 4.43. The van der Waals surface area contributed by atoms with Gasteiger partial charge in [0.05, 0.1) is 11.4 Å². The predicted molar refractivity (Wildman–Crippen MR) is 101 cm³/mol. The van der Waals surface area contributed by atoms with Crippen LogP contribution < -0.4 is 20.5 Å². The molecule has 0 radical (unpaired) electrons. The molecular weight excluding hydrogens is 364 g/mol. The molecule has 0 atom stereocenters. The maximum atomic E-state index is 12.6. The van der Waals surface area contributed by atoms with Crippen LogP contribution in [-0.2, 0) is 11.2 Å². The van der Waals surface area contributed by atoms with Crippen LogP contribution >= 0.6 is 0 Å². The largest absolute Gasteiger partial charge is 0.482 e. The molecule has 1 aliphatic heterocycles. The highest BCUT2D eigenvalue weighted by Crippen LogP contribution is 2.32. The second-order valence-electron chi connectivity index (χ2n) is 6.42. The first-order chi connectivity index (χ1) is 13.5. The first-order valence-corrected chi connectivity index (χ1v) is 8.79. The van der Waals surface area contributed by atoms with E-state index in [4.69, 9.17) is 4.74 Å². The quantitative estimate of drug-likeness (QED) is 0.694. The molecule has 2 N–H and O–H groups in total. The van der Waals surface area contributed by atoms with Gasteiger partial charge in [-0.3, -0.25) is 24.8 Å². The zero-order chi connectivity index (χ0) is 19.8. The van der Waals surface area contributed by atoms with Crippen molar-refractivity contribution in [1.82, 2.24) is 19.6 Å². The number of nitrogens with one attached hydrogen (secondary N) is 2. The van der Waals surface area contributed by atoms with Gasteiger partial charge in [-0.2, -0.15) is 9.50 Å². The molecule has 1 aromatic carbocycles. The van der Waals surface area contributed by atoms with E-state index in [9.17, 15) is 14.4 Å². The van der Waals surface area contributed by atoms with Crippen LogP contribution in [0.25, 0.3) is 5.78 Å². The number of carbonyl (C=O) groups excluding carboxylic acids is 2. The Balaban J connectivity index is 1.61. The van der Waals surface area contributed by atoms with Crippen molar-refractivity contribution < 1.29 is 14.3 Å². The number of hydrogen-bond acceptors (Lipinski definition) is 6. The predicted octanol–water partition coefficient (Wildman–Crippen LogP) is 0.978. The van der Waals surface area contributed by atoms with Gasteiger partial charge < -0.3 is 9.64 Å². The average Bonchev–Trinajstić information content (AvgIpc) is 3.08. The summed E-state index contributed by atoms with van der Waals surface area (Å²) in [4.78, 5) is 46.5. The molecule has 0 unspecified atom stereocenters. The number of likely N-dealkylation sites (N-methyl/N-ethyl adjacent to an activating group) is 1. The molecule has 0 saturated carbocycles. The highest BCUT2D eigenvalue weighted by atomic mass is 16.5. The second-order valence-corrected chi connectivity index (χ2v) is 6.42. The summed E-state index contributed by atoms with van der Waals surface area (Å²) in [6.45, 7) is 1.96. The minimum Gasteiger partial charge on any atom is -0.482 e. The van der Waals surface area contributed by atoms with E-state index in [-0.39, 0.29) is 29.8 Å². The van der Waals surface area contributed by atoms with Crippen LogP contribution in [0.5, 0.6) is 5.75 Å². The van der Waals surface area contributed by atoms with Crippen molar-refractivity contribution in [2.24, 2.45) is 0 Å². The van der Waals surface area contributed by atoms with E-state index in [0.717, 1.165) is 6.42 Å². The van der Waals surface area contributed by atoms with E-state index in [2.05, 4.69) is 20.4 Å². The summed E-state index contributed by atoms with van der Waals surface area (Å²) in [7, 11) is 1.62. The summed E-state index contributed by atoms with van der Waals surface area (Å²) in [5, 5.41) is 5.33. The van der Waals surface area contributed by atoms with Crippen molar-refractivity contribution in [3.8, 4) is 5.75 Å². The number of aryl methyl sites for hydroxylation is 1. The van der Waals surface area contributed by atoms with Crippen LogP contribution in [0.3, 0.4) is 0 Å². The van der Waals surface area contributed by atoms with E-state index in [0.29, 0.717) is 29.1 Å². The molecule has 0 saturated heterocycles. The molecule has 4 rings (SSSR count). The minimum absolute atomic E-state index is 0.0319. The molecule has 2 amide bonds. The summed E-state index contributed by atoms with van der Waals surface area (Å²) in [5.41, 5.74) is 1.18. The van der Waals surface area contributed by atoms with Crippen LogP contribution in [-0.4, -0.2) is 45.1 Å². The Bertz CT molecular complexity index is 1150. The SMILES string of the molecule is CCCc1cc(=O)n2[nH]c(NC(=O)c3ccc4c(c3)N(C)C(=O)CO4)nc2n1. The number of rotatable bonds is 4. The summed E-state index contributed by atoms with van der Waals surface area (Å²) in [6.07, 6.45) is 1.53. The van der Waals surface area contributed by atoms with E-state index in [1.165, 1.54) is 15.5 Å². The molecule has 10 heteroatoms. The number of aromatic amines is 1. The number of amides is 2. The normalized spacial score (nSPS) is 13.4. The molecule has 0 spiro atoms. The molecule has 144 valence electrons. The highest BCUT2D eigenvalue weighted by molar-refractivity contribution is 6.05. The number of H-pyrrole nitrogens is 1. The van der Waals surface area contributed by atoms with Crippen LogP contribution in [0.1, 0.15) is 29.4 Å². The van der Waals surface area contributed by atoms with Crippen molar-refractivity contribution in [1.29, 1.82) is 0 Å². The van der Waals surface area contributed by atoms with E-state index < -0.39 is 5.91 Å². The van der Waals surface area contributed by atoms with Gasteiger partial charge in [0, 0.05) is 18.7 Å². The van der Waals surface area contributed by atoms with Gasteiger partial charge in [0.25, 0.3) is 23.2 Å². The molecule has 0 fully saturated rings. The summed E-state index contributed by atoms with van der Waals surface area (Å²) < 4.78 is 6.52.